The number of carbonyl (C=O) groups is 2. The molecule has 0 bridgehead atoms. The molecule has 166 valence electrons. The van der Waals surface area contributed by atoms with Gasteiger partial charge < -0.3 is 9.84 Å². The Bertz CT molecular complexity index is 1180. The summed E-state index contributed by atoms with van der Waals surface area (Å²) in [7, 11) is 0. The van der Waals surface area contributed by atoms with Gasteiger partial charge in [0.1, 0.15) is 10.9 Å². The van der Waals surface area contributed by atoms with Crippen molar-refractivity contribution in [3.8, 4) is 5.75 Å². The first kappa shape index (κ1) is 22.2. The first-order valence-electron chi connectivity index (χ1n) is 10.3. The number of fused-ring (bicyclic) bond motifs is 1. The number of benzene rings is 1. The van der Waals surface area contributed by atoms with Crippen LogP contribution < -0.4 is 4.74 Å². The molecule has 1 unspecified atom stereocenters. The van der Waals surface area contributed by atoms with Crippen molar-refractivity contribution in [3.63, 3.8) is 0 Å². The van der Waals surface area contributed by atoms with E-state index in [1.54, 1.807) is 11.3 Å². The van der Waals surface area contributed by atoms with Crippen molar-refractivity contribution < 1.29 is 19.4 Å². The summed E-state index contributed by atoms with van der Waals surface area (Å²) in [5.41, 5.74) is 2.24. The molecule has 0 radical (unpaired) electrons. The monoisotopic (exact) mass is 471 g/mol. The van der Waals surface area contributed by atoms with Crippen molar-refractivity contribution in [2.24, 2.45) is 5.10 Å². The number of carbonyl (C=O) groups excluding carboxylic acids is 1. The number of thiophene rings is 1. The number of nitrogens with zero attached hydrogens (tertiary/aromatic N) is 3. The number of amides is 1. The first-order chi connectivity index (χ1) is 15.5. The van der Waals surface area contributed by atoms with E-state index < -0.39 is 12.0 Å². The Balaban J connectivity index is 1.69. The first-order valence-corrected chi connectivity index (χ1v) is 11.6. The lowest BCUT2D eigenvalue weighted by atomic mass is 10.0. The summed E-state index contributed by atoms with van der Waals surface area (Å²) < 4.78 is 5.60. The van der Waals surface area contributed by atoms with E-state index in [1.165, 1.54) is 5.01 Å². The van der Waals surface area contributed by atoms with Crippen LogP contribution in [0.1, 0.15) is 49.1 Å². The summed E-state index contributed by atoms with van der Waals surface area (Å²) in [4.78, 5) is 29.4. The minimum Gasteiger partial charge on any atom is -0.494 e. The molecule has 0 aliphatic carbocycles. The van der Waals surface area contributed by atoms with Crippen LogP contribution in [0.3, 0.4) is 0 Å². The molecule has 3 aromatic rings. The van der Waals surface area contributed by atoms with E-state index in [4.69, 9.17) is 21.4 Å². The van der Waals surface area contributed by atoms with Crippen molar-refractivity contribution in [2.45, 2.75) is 38.6 Å². The molecule has 3 heterocycles. The van der Waals surface area contributed by atoms with Crippen molar-refractivity contribution >= 4 is 51.4 Å². The Morgan fingerprint density at radius 3 is 2.84 bits per heavy atom. The SMILES string of the molecule is CCOc1ccc2nc(Cl)c(C3CC(c4cccs4)=NN3C(=O)CCCC(=O)O)cc2c1. The standard InChI is InChI=1S/C23H22ClN3O4S/c1-2-31-15-8-9-17-14(11-15)12-16(23(24)25-17)19-13-18(20-5-4-10-32-20)26-27(19)21(28)6-3-7-22(29)30/h4-5,8-12,19H,2-3,6-7,13H2,1H3,(H,29,30). The van der Waals surface area contributed by atoms with Crippen LogP contribution in [-0.4, -0.2) is 39.3 Å². The third kappa shape index (κ3) is 4.76. The average Bonchev–Trinajstić information content (AvgIpc) is 3.43. The van der Waals surface area contributed by atoms with Gasteiger partial charge >= 0.3 is 5.97 Å². The molecule has 1 aliphatic rings. The zero-order chi connectivity index (χ0) is 22.7. The molecule has 0 saturated carbocycles. The van der Waals surface area contributed by atoms with Crippen molar-refractivity contribution in [1.82, 2.24) is 9.99 Å². The molecule has 1 aliphatic heterocycles. The number of carboxylic acids is 1. The van der Waals surface area contributed by atoms with Crippen molar-refractivity contribution in [1.29, 1.82) is 0 Å². The van der Waals surface area contributed by atoms with Crippen molar-refractivity contribution in [3.05, 3.63) is 57.4 Å². The predicted molar refractivity (Wildman–Crippen MR) is 124 cm³/mol. The summed E-state index contributed by atoms with van der Waals surface area (Å²) in [6.45, 7) is 2.48. The molecule has 0 saturated heterocycles. The molecule has 0 fully saturated rings. The van der Waals surface area contributed by atoms with Crippen LogP contribution >= 0.6 is 22.9 Å². The average molecular weight is 472 g/mol. The topological polar surface area (TPSA) is 92.1 Å². The van der Waals surface area contributed by atoms with Crippen LogP contribution in [0.15, 0.2) is 46.9 Å². The van der Waals surface area contributed by atoms with Gasteiger partial charge in [-0.05, 0) is 49.1 Å². The summed E-state index contributed by atoms with van der Waals surface area (Å²) in [5, 5.41) is 18.1. The van der Waals surface area contributed by atoms with Gasteiger partial charge in [0.15, 0.2) is 0 Å². The largest absolute Gasteiger partial charge is 0.494 e. The highest BCUT2D eigenvalue weighted by atomic mass is 35.5. The maximum absolute atomic E-state index is 13.0. The minimum atomic E-state index is -0.926. The molecule has 7 nitrogen and oxygen atoms in total. The van der Waals surface area contributed by atoms with Crippen molar-refractivity contribution in [2.75, 3.05) is 6.61 Å². The molecule has 1 amide bonds. The molecule has 0 spiro atoms. The third-order valence-electron chi connectivity index (χ3n) is 5.19. The van der Waals surface area contributed by atoms with Gasteiger partial charge in [0, 0.05) is 30.2 Å². The lowest BCUT2D eigenvalue weighted by Crippen LogP contribution is -2.27. The number of hydrogen-bond acceptors (Lipinski definition) is 6. The number of rotatable bonds is 8. The number of carboxylic acid groups (broad SMARTS) is 1. The molecule has 1 N–H and O–H groups in total. The maximum Gasteiger partial charge on any atom is 0.303 e. The summed E-state index contributed by atoms with van der Waals surface area (Å²) >= 11 is 8.12. The lowest BCUT2D eigenvalue weighted by Gasteiger charge is -2.23. The van der Waals surface area contributed by atoms with Gasteiger partial charge in [-0.1, -0.05) is 17.7 Å². The van der Waals surface area contributed by atoms with Gasteiger partial charge in [0.25, 0.3) is 0 Å². The number of hydrogen-bond donors (Lipinski definition) is 1. The Hall–Kier alpha value is -2.97. The molecular weight excluding hydrogens is 450 g/mol. The minimum absolute atomic E-state index is 0.0652. The smallest absolute Gasteiger partial charge is 0.303 e. The van der Waals surface area contributed by atoms with Gasteiger partial charge in [-0.3, -0.25) is 9.59 Å². The van der Waals surface area contributed by atoms with Crippen LogP contribution in [0.2, 0.25) is 5.15 Å². The van der Waals surface area contributed by atoms with E-state index in [0.29, 0.717) is 23.7 Å². The highest BCUT2D eigenvalue weighted by Crippen LogP contribution is 2.38. The quantitative estimate of drug-likeness (QED) is 0.451. The zero-order valence-corrected chi connectivity index (χ0v) is 19.0. The third-order valence-corrected chi connectivity index (χ3v) is 6.41. The Morgan fingerprint density at radius 1 is 1.28 bits per heavy atom. The van der Waals surface area contributed by atoms with Crippen LogP contribution in [0.4, 0.5) is 0 Å². The Morgan fingerprint density at radius 2 is 2.12 bits per heavy atom. The number of halogens is 1. The van der Waals surface area contributed by atoms with Crippen LogP contribution in [0.25, 0.3) is 10.9 Å². The number of pyridine rings is 1. The fourth-order valence-corrected chi connectivity index (χ4v) is 4.71. The second-order valence-corrected chi connectivity index (χ2v) is 8.69. The molecule has 1 atom stereocenters. The van der Waals surface area contributed by atoms with Gasteiger partial charge in [-0.25, -0.2) is 9.99 Å². The Kier molecular flexibility index (Phi) is 6.72. The van der Waals surface area contributed by atoms with Gasteiger partial charge in [-0.15, -0.1) is 11.3 Å². The number of ether oxygens (including phenoxy) is 1. The highest BCUT2D eigenvalue weighted by Gasteiger charge is 2.35. The second kappa shape index (κ2) is 9.67. The van der Waals surface area contributed by atoms with E-state index in [-0.39, 0.29) is 25.2 Å². The van der Waals surface area contributed by atoms with Gasteiger partial charge in [0.2, 0.25) is 5.91 Å². The van der Waals surface area contributed by atoms with Crippen LogP contribution in [-0.2, 0) is 9.59 Å². The molecule has 32 heavy (non-hydrogen) atoms. The number of aliphatic carboxylic acids is 1. The molecule has 2 aromatic heterocycles. The van der Waals surface area contributed by atoms with E-state index >= 15 is 0 Å². The summed E-state index contributed by atoms with van der Waals surface area (Å²) in [5.74, 6) is -0.425. The van der Waals surface area contributed by atoms with Crippen LogP contribution in [0, 0.1) is 0 Å². The fraction of sp³-hybridized carbons (Fsp3) is 0.304. The summed E-state index contributed by atoms with van der Waals surface area (Å²) in [6.07, 6.45) is 0.785. The maximum atomic E-state index is 13.0. The van der Waals surface area contributed by atoms with E-state index in [2.05, 4.69) is 10.1 Å². The Labute approximate surface area is 194 Å². The summed E-state index contributed by atoms with van der Waals surface area (Å²) in [6, 6.07) is 11.0. The highest BCUT2D eigenvalue weighted by molar-refractivity contribution is 7.12. The molecule has 1 aromatic carbocycles. The fourth-order valence-electron chi connectivity index (χ4n) is 3.72. The predicted octanol–water partition coefficient (Wildman–Crippen LogP) is 5.28. The molecular formula is C23H22ClN3O4S. The number of hydrazone groups is 1. The van der Waals surface area contributed by atoms with Crippen LogP contribution in [0.5, 0.6) is 5.75 Å². The van der Waals surface area contributed by atoms with Gasteiger partial charge in [0.05, 0.1) is 28.8 Å². The normalized spacial score (nSPS) is 15.8. The second-order valence-electron chi connectivity index (χ2n) is 7.39. The lowest BCUT2D eigenvalue weighted by molar-refractivity contribution is -0.137. The zero-order valence-electron chi connectivity index (χ0n) is 17.5. The number of aromatic nitrogens is 1. The van der Waals surface area contributed by atoms with E-state index in [9.17, 15) is 9.59 Å². The molecule has 9 heteroatoms. The molecule has 4 rings (SSSR count). The van der Waals surface area contributed by atoms with E-state index in [1.807, 2.05) is 48.7 Å². The van der Waals surface area contributed by atoms with E-state index in [0.717, 1.165) is 27.2 Å². The van der Waals surface area contributed by atoms with Gasteiger partial charge in [-0.2, -0.15) is 5.10 Å².